The smallest absolute Gasteiger partial charge is 0.140 e. The number of benzene rings is 1. The largest absolute Gasteiger partial charge is 0.330 e. The van der Waals surface area contributed by atoms with Crippen molar-refractivity contribution in [1.82, 2.24) is 4.90 Å². The van der Waals surface area contributed by atoms with Gasteiger partial charge in [0.15, 0.2) is 0 Å². The third kappa shape index (κ3) is 4.62. The van der Waals surface area contributed by atoms with Crippen LogP contribution in [0.5, 0.6) is 0 Å². The van der Waals surface area contributed by atoms with E-state index in [4.69, 9.17) is 11.0 Å². The molecule has 1 aromatic rings. The lowest BCUT2D eigenvalue weighted by atomic mass is 9.93. The van der Waals surface area contributed by atoms with Crippen LogP contribution >= 0.6 is 0 Å². The van der Waals surface area contributed by atoms with Crippen LogP contribution in [0.2, 0.25) is 0 Å². The molecule has 0 unspecified atom stereocenters. The molecule has 0 fully saturated rings. The van der Waals surface area contributed by atoms with Crippen molar-refractivity contribution < 1.29 is 4.39 Å². The van der Waals surface area contributed by atoms with E-state index < -0.39 is 5.82 Å². The van der Waals surface area contributed by atoms with E-state index in [9.17, 15) is 4.39 Å². The zero-order valence-electron chi connectivity index (χ0n) is 11.9. The van der Waals surface area contributed by atoms with Crippen LogP contribution in [0.1, 0.15) is 31.9 Å². The van der Waals surface area contributed by atoms with Gasteiger partial charge in [0.05, 0.1) is 5.56 Å². The van der Waals surface area contributed by atoms with Crippen molar-refractivity contribution >= 4 is 0 Å². The van der Waals surface area contributed by atoms with Gasteiger partial charge in [-0.2, -0.15) is 5.26 Å². The monoisotopic (exact) mass is 263 g/mol. The maximum absolute atomic E-state index is 13.3. The van der Waals surface area contributed by atoms with Gasteiger partial charge >= 0.3 is 0 Å². The SMILES string of the molecule is CCN(Cc1ccc(F)c(C#N)c1)CC(C)(C)CN. The molecule has 0 aliphatic heterocycles. The number of nitrogens with two attached hydrogens (primary N) is 1. The molecule has 2 N–H and O–H groups in total. The minimum atomic E-state index is -0.461. The van der Waals surface area contributed by atoms with Crippen molar-refractivity contribution in [2.45, 2.75) is 27.3 Å². The summed E-state index contributed by atoms with van der Waals surface area (Å²) in [5.74, 6) is -0.461. The zero-order valence-corrected chi connectivity index (χ0v) is 11.9. The average Bonchev–Trinajstić information content (AvgIpc) is 2.39. The minimum Gasteiger partial charge on any atom is -0.330 e. The van der Waals surface area contributed by atoms with Crippen molar-refractivity contribution in [2.24, 2.45) is 11.1 Å². The van der Waals surface area contributed by atoms with E-state index >= 15 is 0 Å². The number of halogens is 1. The summed E-state index contributed by atoms with van der Waals surface area (Å²) >= 11 is 0. The van der Waals surface area contributed by atoms with E-state index in [0.29, 0.717) is 13.1 Å². The Hall–Kier alpha value is -1.44. The highest BCUT2D eigenvalue weighted by Gasteiger charge is 2.19. The van der Waals surface area contributed by atoms with Crippen molar-refractivity contribution in [1.29, 1.82) is 5.26 Å². The fourth-order valence-corrected chi connectivity index (χ4v) is 1.96. The number of nitrogens with zero attached hydrogens (tertiary/aromatic N) is 2. The molecule has 0 amide bonds. The standard InChI is InChI=1S/C15H22FN3/c1-4-19(11-15(2,3)10-18)9-12-5-6-14(16)13(7-12)8-17/h5-7H,4,9-11,18H2,1-3H3. The van der Waals surface area contributed by atoms with E-state index in [0.717, 1.165) is 18.7 Å². The second-order valence-corrected chi connectivity index (χ2v) is 5.60. The lowest BCUT2D eigenvalue weighted by molar-refractivity contribution is 0.183. The van der Waals surface area contributed by atoms with Crippen molar-refractivity contribution in [3.05, 3.63) is 35.1 Å². The van der Waals surface area contributed by atoms with Gasteiger partial charge < -0.3 is 5.73 Å². The van der Waals surface area contributed by atoms with Gasteiger partial charge in [0.25, 0.3) is 0 Å². The van der Waals surface area contributed by atoms with Crippen LogP contribution in [0.3, 0.4) is 0 Å². The lowest BCUT2D eigenvalue weighted by Gasteiger charge is -2.31. The minimum absolute atomic E-state index is 0.0497. The van der Waals surface area contributed by atoms with Gasteiger partial charge in [-0.15, -0.1) is 0 Å². The number of hydrogen-bond donors (Lipinski definition) is 1. The van der Waals surface area contributed by atoms with Gasteiger partial charge in [-0.25, -0.2) is 4.39 Å². The van der Waals surface area contributed by atoms with Crippen molar-refractivity contribution in [3.63, 3.8) is 0 Å². The van der Waals surface area contributed by atoms with Crippen LogP contribution in [-0.4, -0.2) is 24.5 Å². The summed E-state index contributed by atoms with van der Waals surface area (Å²) < 4.78 is 13.3. The molecule has 1 aromatic carbocycles. The number of hydrogen-bond acceptors (Lipinski definition) is 3. The fraction of sp³-hybridized carbons (Fsp3) is 0.533. The molecule has 0 radical (unpaired) electrons. The third-order valence-corrected chi connectivity index (χ3v) is 3.21. The predicted molar refractivity (Wildman–Crippen MR) is 74.9 cm³/mol. The quantitative estimate of drug-likeness (QED) is 0.858. The van der Waals surface area contributed by atoms with Crippen LogP contribution in [0.25, 0.3) is 0 Å². The van der Waals surface area contributed by atoms with Crippen molar-refractivity contribution in [2.75, 3.05) is 19.6 Å². The summed E-state index contributed by atoms with van der Waals surface area (Å²) in [7, 11) is 0. The van der Waals surface area contributed by atoms with E-state index in [1.54, 1.807) is 12.1 Å². The Morgan fingerprint density at radius 2 is 2.11 bits per heavy atom. The Labute approximate surface area is 114 Å². The molecule has 0 bridgehead atoms. The molecule has 104 valence electrons. The first-order valence-corrected chi connectivity index (χ1v) is 6.53. The molecule has 0 spiro atoms. The van der Waals surface area contributed by atoms with Crippen LogP contribution in [0, 0.1) is 22.6 Å². The molecular formula is C15H22FN3. The molecule has 0 aliphatic carbocycles. The molecule has 0 aromatic heterocycles. The van der Waals surface area contributed by atoms with Gasteiger partial charge in [-0.1, -0.05) is 26.8 Å². The van der Waals surface area contributed by atoms with E-state index in [2.05, 4.69) is 25.7 Å². The molecule has 0 atom stereocenters. The predicted octanol–water partition coefficient (Wildman–Crippen LogP) is 2.50. The maximum atomic E-state index is 13.3. The Bertz CT molecular complexity index is 463. The molecule has 3 nitrogen and oxygen atoms in total. The topological polar surface area (TPSA) is 53.0 Å². The van der Waals surface area contributed by atoms with Gasteiger partial charge in [-0.05, 0) is 36.2 Å². The number of rotatable bonds is 6. The molecule has 0 saturated carbocycles. The summed E-state index contributed by atoms with van der Waals surface area (Å²) in [6.45, 7) is 9.43. The zero-order chi connectivity index (χ0) is 14.5. The van der Waals surface area contributed by atoms with Gasteiger partial charge in [-0.3, -0.25) is 4.90 Å². The highest BCUT2D eigenvalue weighted by molar-refractivity contribution is 5.34. The van der Waals surface area contributed by atoms with Crippen molar-refractivity contribution in [3.8, 4) is 6.07 Å². The summed E-state index contributed by atoms with van der Waals surface area (Å²) in [5.41, 5.74) is 6.85. The lowest BCUT2D eigenvalue weighted by Crippen LogP contribution is -2.38. The Morgan fingerprint density at radius 1 is 1.42 bits per heavy atom. The summed E-state index contributed by atoms with van der Waals surface area (Å²) in [6.07, 6.45) is 0. The summed E-state index contributed by atoms with van der Waals surface area (Å²) in [6, 6.07) is 6.58. The Morgan fingerprint density at radius 3 is 2.63 bits per heavy atom. The molecule has 0 aliphatic rings. The fourth-order valence-electron chi connectivity index (χ4n) is 1.96. The highest BCUT2D eigenvalue weighted by atomic mass is 19.1. The van der Waals surface area contributed by atoms with Gasteiger partial charge in [0.1, 0.15) is 11.9 Å². The summed E-state index contributed by atoms with van der Waals surface area (Å²) in [5, 5.41) is 8.84. The normalized spacial score (nSPS) is 11.6. The number of nitriles is 1. The highest BCUT2D eigenvalue weighted by Crippen LogP contribution is 2.18. The first-order chi connectivity index (χ1) is 8.91. The van der Waals surface area contributed by atoms with Gasteiger partial charge in [0.2, 0.25) is 0 Å². The second-order valence-electron chi connectivity index (χ2n) is 5.60. The maximum Gasteiger partial charge on any atom is 0.140 e. The molecule has 0 heterocycles. The van der Waals surface area contributed by atoms with Gasteiger partial charge in [0, 0.05) is 13.1 Å². The molecule has 1 rings (SSSR count). The van der Waals surface area contributed by atoms with E-state index in [1.165, 1.54) is 6.07 Å². The van der Waals surface area contributed by atoms with Crippen LogP contribution in [-0.2, 0) is 6.54 Å². The van der Waals surface area contributed by atoms with E-state index in [-0.39, 0.29) is 11.0 Å². The molecule has 0 saturated heterocycles. The Balaban J connectivity index is 2.79. The Kier molecular flexibility index (Phi) is 5.46. The first-order valence-electron chi connectivity index (χ1n) is 6.53. The molecule has 4 heteroatoms. The van der Waals surface area contributed by atoms with Crippen LogP contribution < -0.4 is 5.73 Å². The van der Waals surface area contributed by atoms with Crippen LogP contribution in [0.4, 0.5) is 4.39 Å². The first kappa shape index (κ1) is 15.6. The average molecular weight is 263 g/mol. The van der Waals surface area contributed by atoms with E-state index in [1.807, 2.05) is 6.07 Å². The third-order valence-electron chi connectivity index (χ3n) is 3.21. The van der Waals surface area contributed by atoms with Crippen LogP contribution in [0.15, 0.2) is 18.2 Å². The second kappa shape index (κ2) is 6.65. The summed E-state index contributed by atoms with van der Waals surface area (Å²) in [4.78, 5) is 2.25. The molecular weight excluding hydrogens is 241 g/mol. The molecule has 19 heavy (non-hydrogen) atoms.